The van der Waals surface area contributed by atoms with Gasteiger partial charge in [0.15, 0.2) is 5.76 Å². The van der Waals surface area contributed by atoms with Crippen molar-refractivity contribution in [2.45, 2.75) is 19.9 Å². The van der Waals surface area contributed by atoms with Crippen LogP contribution in [0.5, 0.6) is 5.75 Å². The number of ether oxygens (including phenoxy) is 1. The number of urea groups is 1. The van der Waals surface area contributed by atoms with E-state index in [2.05, 4.69) is 10.5 Å². The van der Waals surface area contributed by atoms with Crippen LogP contribution in [-0.4, -0.2) is 25.3 Å². The van der Waals surface area contributed by atoms with Crippen molar-refractivity contribution in [1.29, 1.82) is 0 Å². The number of nitrogens with zero attached hydrogens (tertiary/aromatic N) is 2. The number of carbonyl (C=O) groups excluding carboxylic acids is 1. The van der Waals surface area contributed by atoms with Crippen molar-refractivity contribution in [3.8, 4) is 5.75 Å². The van der Waals surface area contributed by atoms with Gasteiger partial charge in [-0.25, -0.2) is 4.79 Å². The van der Waals surface area contributed by atoms with Gasteiger partial charge in [-0.15, -0.1) is 0 Å². The molecule has 118 valence electrons. The molecular weight excluding hydrogens is 306 g/mol. The fourth-order valence-corrected chi connectivity index (χ4v) is 2.09. The Kier molecular flexibility index (Phi) is 5.27. The third-order valence-electron chi connectivity index (χ3n) is 3.19. The highest BCUT2D eigenvalue weighted by Gasteiger charge is 2.16. The first-order chi connectivity index (χ1) is 10.5. The number of anilines is 1. The Morgan fingerprint density at radius 3 is 2.86 bits per heavy atom. The van der Waals surface area contributed by atoms with E-state index in [4.69, 9.17) is 20.9 Å². The second-order valence-corrected chi connectivity index (χ2v) is 5.11. The van der Waals surface area contributed by atoms with Gasteiger partial charge in [-0.1, -0.05) is 23.7 Å². The minimum Gasteiger partial charge on any atom is -0.495 e. The summed E-state index contributed by atoms with van der Waals surface area (Å²) in [6.45, 7) is 2.25. The van der Waals surface area contributed by atoms with Crippen molar-refractivity contribution in [3.63, 3.8) is 0 Å². The molecule has 0 fully saturated rings. The van der Waals surface area contributed by atoms with Gasteiger partial charge < -0.3 is 14.6 Å². The number of hydrogen-bond acceptors (Lipinski definition) is 4. The second kappa shape index (κ2) is 7.17. The lowest BCUT2D eigenvalue weighted by atomic mass is 10.2. The quantitative estimate of drug-likeness (QED) is 0.917. The fraction of sp³-hybridized carbons (Fsp3) is 0.333. The summed E-state index contributed by atoms with van der Waals surface area (Å²) in [6.07, 6.45) is 0.789. The van der Waals surface area contributed by atoms with Gasteiger partial charge in [-0.3, -0.25) is 4.90 Å². The van der Waals surface area contributed by atoms with Crippen molar-refractivity contribution in [2.24, 2.45) is 0 Å². The molecule has 0 bridgehead atoms. The van der Waals surface area contributed by atoms with Crippen LogP contribution in [-0.2, 0) is 13.0 Å². The molecular formula is C15H18ClN3O3. The smallest absolute Gasteiger partial charge is 0.322 e. The maximum absolute atomic E-state index is 12.2. The van der Waals surface area contributed by atoms with Gasteiger partial charge in [0, 0.05) is 18.1 Å². The number of halogens is 1. The standard InChI is InChI=1S/C15H18ClN3O3/c1-4-11-8-12(22-18-11)9-17-15(20)19(2)13-7-10(16)5-6-14(13)21-3/h5-8H,4,9H2,1-3H3,(H,17,20). The Bertz CT molecular complexity index is 657. The zero-order valence-electron chi connectivity index (χ0n) is 12.7. The van der Waals surface area contributed by atoms with Gasteiger partial charge in [0.2, 0.25) is 0 Å². The van der Waals surface area contributed by atoms with E-state index in [0.717, 1.165) is 12.1 Å². The summed E-state index contributed by atoms with van der Waals surface area (Å²) in [5, 5.41) is 7.16. The fourth-order valence-electron chi connectivity index (χ4n) is 1.92. The van der Waals surface area contributed by atoms with E-state index in [1.54, 1.807) is 32.4 Å². The SMILES string of the molecule is CCc1cc(CNC(=O)N(C)c2cc(Cl)ccc2OC)on1. The topological polar surface area (TPSA) is 67.6 Å². The molecule has 0 atom stereocenters. The molecule has 2 aromatic rings. The van der Waals surface area contributed by atoms with Crippen molar-refractivity contribution < 1.29 is 14.1 Å². The predicted octanol–water partition coefficient (Wildman–Crippen LogP) is 3.25. The third kappa shape index (κ3) is 3.71. The minimum absolute atomic E-state index is 0.263. The van der Waals surface area contributed by atoms with Gasteiger partial charge in [0.1, 0.15) is 5.75 Å². The Hall–Kier alpha value is -2.21. The number of rotatable bonds is 5. The molecule has 1 aromatic heterocycles. The summed E-state index contributed by atoms with van der Waals surface area (Å²) in [5.41, 5.74) is 1.44. The highest BCUT2D eigenvalue weighted by Crippen LogP contribution is 2.30. The molecule has 2 amide bonds. The van der Waals surface area contributed by atoms with E-state index < -0.39 is 0 Å². The van der Waals surface area contributed by atoms with Gasteiger partial charge in [0.25, 0.3) is 0 Å². The summed E-state index contributed by atoms with van der Waals surface area (Å²) in [6, 6.07) is 6.61. The number of carbonyl (C=O) groups is 1. The first-order valence-corrected chi connectivity index (χ1v) is 7.22. The molecule has 1 N–H and O–H groups in total. The van der Waals surface area contributed by atoms with E-state index in [1.807, 2.05) is 13.0 Å². The van der Waals surface area contributed by atoms with Crippen molar-refractivity contribution >= 4 is 23.3 Å². The van der Waals surface area contributed by atoms with Crippen LogP contribution >= 0.6 is 11.6 Å². The molecule has 22 heavy (non-hydrogen) atoms. The maximum atomic E-state index is 12.2. The number of nitrogens with one attached hydrogen (secondary N) is 1. The van der Waals surface area contributed by atoms with Crippen molar-refractivity contribution in [3.05, 3.63) is 40.7 Å². The van der Waals surface area contributed by atoms with E-state index in [0.29, 0.717) is 22.2 Å². The summed E-state index contributed by atoms with van der Waals surface area (Å²) in [4.78, 5) is 13.7. The van der Waals surface area contributed by atoms with Gasteiger partial charge >= 0.3 is 6.03 Å². The van der Waals surface area contributed by atoms with Crippen molar-refractivity contribution in [1.82, 2.24) is 10.5 Å². The van der Waals surface area contributed by atoms with Crippen LogP contribution in [0.2, 0.25) is 5.02 Å². The lowest BCUT2D eigenvalue weighted by molar-refractivity contribution is 0.245. The van der Waals surface area contributed by atoms with Crippen LogP contribution in [0.1, 0.15) is 18.4 Å². The van der Waals surface area contributed by atoms with Gasteiger partial charge in [-0.2, -0.15) is 0 Å². The summed E-state index contributed by atoms with van der Waals surface area (Å²) in [7, 11) is 3.18. The molecule has 6 nitrogen and oxygen atoms in total. The molecule has 1 heterocycles. The molecule has 1 aromatic carbocycles. The Morgan fingerprint density at radius 1 is 1.45 bits per heavy atom. The molecule has 0 spiro atoms. The first-order valence-electron chi connectivity index (χ1n) is 6.84. The van der Waals surface area contributed by atoms with E-state index >= 15 is 0 Å². The highest BCUT2D eigenvalue weighted by molar-refractivity contribution is 6.31. The lowest BCUT2D eigenvalue weighted by Crippen LogP contribution is -2.37. The number of benzene rings is 1. The number of aromatic nitrogens is 1. The third-order valence-corrected chi connectivity index (χ3v) is 3.43. The molecule has 0 saturated heterocycles. The number of amides is 2. The molecule has 0 aliphatic rings. The summed E-state index contributed by atoms with van der Waals surface area (Å²) in [5.74, 6) is 1.17. The van der Waals surface area contributed by atoms with Crippen LogP contribution in [0.3, 0.4) is 0 Å². The Labute approximate surface area is 134 Å². The highest BCUT2D eigenvalue weighted by atomic mass is 35.5. The van der Waals surface area contributed by atoms with Gasteiger partial charge in [-0.05, 0) is 24.6 Å². The monoisotopic (exact) mass is 323 g/mol. The second-order valence-electron chi connectivity index (χ2n) is 4.67. The molecule has 0 aliphatic carbocycles. The van der Waals surface area contributed by atoms with Crippen LogP contribution in [0.25, 0.3) is 0 Å². The predicted molar refractivity (Wildman–Crippen MR) is 84.5 cm³/mol. The minimum atomic E-state index is -0.296. The van der Waals surface area contributed by atoms with E-state index in [1.165, 1.54) is 4.90 Å². The molecule has 0 unspecified atom stereocenters. The molecule has 0 aliphatic heterocycles. The average molecular weight is 324 g/mol. The summed E-state index contributed by atoms with van der Waals surface area (Å²) < 4.78 is 10.4. The lowest BCUT2D eigenvalue weighted by Gasteiger charge is -2.20. The number of aryl methyl sites for hydroxylation is 1. The largest absolute Gasteiger partial charge is 0.495 e. The molecule has 0 radical (unpaired) electrons. The van der Waals surface area contributed by atoms with Gasteiger partial charge in [0.05, 0.1) is 25.0 Å². The van der Waals surface area contributed by atoms with Crippen LogP contribution in [0, 0.1) is 0 Å². The molecule has 7 heteroatoms. The molecule has 2 rings (SSSR count). The zero-order valence-corrected chi connectivity index (χ0v) is 13.5. The number of hydrogen-bond donors (Lipinski definition) is 1. The van der Waals surface area contributed by atoms with Crippen LogP contribution < -0.4 is 15.0 Å². The Morgan fingerprint density at radius 2 is 2.23 bits per heavy atom. The normalized spacial score (nSPS) is 10.4. The Balaban J connectivity index is 2.04. The average Bonchev–Trinajstić information content (AvgIpc) is 2.99. The molecule has 0 saturated carbocycles. The maximum Gasteiger partial charge on any atom is 0.322 e. The summed E-state index contributed by atoms with van der Waals surface area (Å²) >= 11 is 5.98. The van der Waals surface area contributed by atoms with Crippen molar-refractivity contribution in [2.75, 3.05) is 19.1 Å². The first kappa shape index (κ1) is 16.2. The van der Waals surface area contributed by atoms with E-state index in [-0.39, 0.29) is 12.6 Å². The zero-order chi connectivity index (χ0) is 16.1. The number of methoxy groups -OCH3 is 1. The van der Waals surface area contributed by atoms with E-state index in [9.17, 15) is 4.79 Å². The van der Waals surface area contributed by atoms with Crippen LogP contribution in [0.4, 0.5) is 10.5 Å². The van der Waals surface area contributed by atoms with Crippen LogP contribution in [0.15, 0.2) is 28.8 Å².